The number of fused-ring (bicyclic) bond motifs is 1. The average molecular weight is 426 g/mol. The van der Waals surface area contributed by atoms with Gasteiger partial charge in [0.05, 0.1) is 53.0 Å². The van der Waals surface area contributed by atoms with Crippen LogP contribution in [0.5, 0.6) is 0 Å². The lowest BCUT2D eigenvalue weighted by Gasteiger charge is -2.20. The Balaban J connectivity index is 1.45. The van der Waals surface area contributed by atoms with Gasteiger partial charge in [-0.25, -0.2) is 9.37 Å². The number of thiazole rings is 1. The topological polar surface area (TPSA) is 111 Å². The Bertz CT molecular complexity index is 1100. The number of rotatable bonds is 7. The monoisotopic (exact) mass is 426 g/mol. The molecule has 10 heteroatoms. The van der Waals surface area contributed by atoms with E-state index in [0.717, 1.165) is 10.9 Å². The minimum absolute atomic E-state index is 0.171. The van der Waals surface area contributed by atoms with Crippen molar-refractivity contribution >= 4 is 50.7 Å². The Morgan fingerprint density at radius 3 is 2.97 bits per heavy atom. The number of hydrazone groups is 1. The van der Waals surface area contributed by atoms with Gasteiger partial charge in [-0.3, -0.25) is 10.2 Å². The predicted octanol–water partition coefficient (Wildman–Crippen LogP) is 3.09. The van der Waals surface area contributed by atoms with Gasteiger partial charge in [0.15, 0.2) is 5.13 Å². The van der Waals surface area contributed by atoms with Gasteiger partial charge in [0.2, 0.25) is 0 Å². The van der Waals surface area contributed by atoms with Crippen molar-refractivity contribution in [3.63, 3.8) is 0 Å². The third-order valence-corrected chi connectivity index (χ3v) is 5.51. The van der Waals surface area contributed by atoms with E-state index in [9.17, 15) is 9.18 Å². The zero-order chi connectivity index (χ0) is 20.9. The standard InChI is InChI=1S/C20H19FN6O2S/c21-12-5-6-15-18(9-12)30-20(25-15)26-17-11-29-10-16(17)24-19(28)13-3-1-2-4-14(13)27-23-8-7-22/h1-9,16-17,22,27H,10-11H2,(H,24,28)(H,25,26)/b22-7?,23-8-. The van der Waals surface area contributed by atoms with Crippen LogP contribution in [0.2, 0.25) is 0 Å². The highest BCUT2D eigenvalue weighted by atomic mass is 32.1. The van der Waals surface area contributed by atoms with Gasteiger partial charge in [0, 0.05) is 6.21 Å². The first kappa shape index (κ1) is 19.9. The van der Waals surface area contributed by atoms with Crippen LogP contribution in [0.25, 0.3) is 10.2 Å². The Hall–Kier alpha value is -3.37. The molecular formula is C20H19FN6O2S. The minimum atomic E-state index is -0.302. The molecule has 0 aliphatic carbocycles. The number of para-hydroxylation sites is 1. The van der Waals surface area contributed by atoms with Crippen molar-refractivity contribution in [1.82, 2.24) is 10.3 Å². The first-order valence-corrected chi connectivity index (χ1v) is 10.0. The van der Waals surface area contributed by atoms with E-state index in [1.54, 1.807) is 30.3 Å². The molecule has 1 aliphatic heterocycles. The second-order valence-electron chi connectivity index (χ2n) is 6.60. The van der Waals surface area contributed by atoms with Crippen LogP contribution in [0.3, 0.4) is 0 Å². The summed E-state index contributed by atoms with van der Waals surface area (Å²) in [6.07, 6.45) is 2.32. The molecule has 4 N–H and O–H groups in total. The van der Waals surface area contributed by atoms with Crippen LogP contribution in [0, 0.1) is 11.2 Å². The minimum Gasteiger partial charge on any atom is -0.377 e. The van der Waals surface area contributed by atoms with Crippen LogP contribution in [0.15, 0.2) is 47.6 Å². The first-order valence-electron chi connectivity index (χ1n) is 9.22. The predicted molar refractivity (Wildman–Crippen MR) is 116 cm³/mol. The molecule has 1 fully saturated rings. The molecule has 1 amide bonds. The van der Waals surface area contributed by atoms with Crippen molar-refractivity contribution in [2.75, 3.05) is 24.0 Å². The normalized spacial score (nSPS) is 18.6. The molecule has 30 heavy (non-hydrogen) atoms. The Kier molecular flexibility index (Phi) is 5.96. The van der Waals surface area contributed by atoms with Crippen molar-refractivity contribution in [3.8, 4) is 0 Å². The van der Waals surface area contributed by atoms with Crippen molar-refractivity contribution < 1.29 is 13.9 Å². The summed E-state index contributed by atoms with van der Waals surface area (Å²) in [5, 5.41) is 17.8. The van der Waals surface area contributed by atoms with Crippen LogP contribution in [0.1, 0.15) is 10.4 Å². The molecule has 0 bridgehead atoms. The zero-order valence-electron chi connectivity index (χ0n) is 15.8. The van der Waals surface area contributed by atoms with Crippen LogP contribution >= 0.6 is 11.3 Å². The second kappa shape index (κ2) is 8.97. The molecule has 154 valence electrons. The molecule has 0 spiro atoms. The molecule has 8 nitrogen and oxygen atoms in total. The van der Waals surface area contributed by atoms with E-state index in [4.69, 9.17) is 10.1 Å². The van der Waals surface area contributed by atoms with Crippen LogP contribution in [0.4, 0.5) is 15.2 Å². The number of benzene rings is 2. The molecule has 1 aromatic heterocycles. The molecule has 3 aromatic rings. The summed E-state index contributed by atoms with van der Waals surface area (Å²) in [4.78, 5) is 17.3. The fourth-order valence-electron chi connectivity index (χ4n) is 3.13. The second-order valence-corrected chi connectivity index (χ2v) is 7.63. The summed E-state index contributed by atoms with van der Waals surface area (Å²) >= 11 is 1.35. The highest BCUT2D eigenvalue weighted by molar-refractivity contribution is 7.22. The molecule has 2 atom stereocenters. The van der Waals surface area contributed by atoms with E-state index in [-0.39, 0.29) is 23.8 Å². The van der Waals surface area contributed by atoms with Crippen LogP contribution < -0.4 is 16.1 Å². The Morgan fingerprint density at radius 2 is 2.10 bits per heavy atom. The number of halogens is 1. The summed E-state index contributed by atoms with van der Waals surface area (Å²) < 4.78 is 19.7. The number of hydrogen-bond donors (Lipinski definition) is 4. The van der Waals surface area contributed by atoms with Gasteiger partial charge in [-0.1, -0.05) is 23.5 Å². The number of anilines is 2. The van der Waals surface area contributed by atoms with Crippen molar-refractivity contribution in [2.24, 2.45) is 5.10 Å². The van der Waals surface area contributed by atoms with Crippen molar-refractivity contribution in [3.05, 3.63) is 53.8 Å². The Labute approximate surface area is 175 Å². The lowest BCUT2D eigenvalue weighted by Crippen LogP contribution is -2.46. The molecule has 1 aliphatic rings. The van der Waals surface area contributed by atoms with Gasteiger partial charge in [-0.05, 0) is 30.3 Å². The summed E-state index contributed by atoms with van der Waals surface area (Å²) in [5.74, 6) is -0.568. The summed E-state index contributed by atoms with van der Waals surface area (Å²) in [6.45, 7) is 0.781. The largest absolute Gasteiger partial charge is 0.377 e. The lowest BCUT2D eigenvalue weighted by atomic mass is 10.1. The number of carbonyl (C=O) groups excluding carboxylic acids is 1. The fourth-order valence-corrected chi connectivity index (χ4v) is 4.08. The fraction of sp³-hybridized carbons (Fsp3) is 0.200. The van der Waals surface area contributed by atoms with Crippen LogP contribution in [-0.4, -0.2) is 48.6 Å². The molecule has 0 saturated carbocycles. The highest BCUT2D eigenvalue weighted by Gasteiger charge is 2.31. The van der Waals surface area contributed by atoms with E-state index in [0.29, 0.717) is 35.1 Å². The number of carbonyl (C=O) groups is 1. The molecule has 1 saturated heterocycles. The molecule has 0 radical (unpaired) electrons. The number of hydrogen-bond acceptors (Lipinski definition) is 8. The maximum atomic E-state index is 13.4. The summed E-state index contributed by atoms with van der Waals surface area (Å²) in [7, 11) is 0. The average Bonchev–Trinajstić information content (AvgIpc) is 3.34. The number of ether oxygens (including phenoxy) is 1. The Morgan fingerprint density at radius 1 is 1.27 bits per heavy atom. The maximum absolute atomic E-state index is 13.4. The van der Waals surface area contributed by atoms with E-state index in [2.05, 4.69) is 26.1 Å². The molecular weight excluding hydrogens is 407 g/mol. The SMILES string of the molecule is N=C/C=N\Nc1ccccc1C(=O)NC1COCC1Nc1nc2ccc(F)cc2s1. The first-order chi connectivity index (χ1) is 14.6. The van der Waals surface area contributed by atoms with E-state index < -0.39 is 0 Å². The van der Waals surface area contributed by atoms with E-state index >= 15 is 0 Å². The maximum Gasteiger partial charge on any atom is 0.253 e. The van der Waals surface area contributed by atoms with Crippen molar-refractivity contribution in [2.45, 2.75) is 12.1 Å². The van der Waals surface area contributed by atoms with Gasteiger partial charge < -0.3 is 20.8 Å². The summed E-state index contributed by atoms with van der Waals surface area (Å²) in [6, 6.07) is 11.0. The molecule has 2 aromatic carbocycles. The number of aromatic nitrogens is 1. The molecule has 2 unspecified atom stereocenters. The number of nitrogens with zero attached hydrogens (tertiary/aromatic N) is 2. The van der Waals surface area contributed by atoms with Crippen LogP contribution in [-0.2, 0) is 4.74 Å². The third kappa shape index (κ3) is 4.44. The quantitative estimate of drug-likeness (QED) is 0.343. The van der Waals surface area contributed by atoms with Gasteiger partial charge in [0.25, 0.3) is 5.91 Å². The van der Waals surface area contributed by atoms with Gasteiger partial charge in [0.1, 0.15) is 5.82 Å². The lowest BCUT2D eigenvalue weighted by molar-refractivity contribution is 0.0929. The molecule has 4 rings (SSSR count). The molecule has 2 heterocycles. The van der Waals surface area contributed by atoms with Crippen molar-refractivity contribution in [1.29, 1.82) is 5.41 Å². The number of amides is 1. The number of nitrogens with one attached hydrogen (secondary N) is 4. The van der Waals surface area contributed by atoms with Gasteiger partial charge >= 0.3 is 0 Å². The third-order valence-electron chi connectivity index (χ3n) is 4.56. The summed E-state index contributed by atoms with van der Waals surface area (Å²) in [5.41, 5.74) is 4.44. The van der Waals surface area contributed by atoms with E-state index in [1.807, 2.05) is 0 Å². The highest BCUT2D eigenvalue weighted by Crippen LogP contribution is 2.28. The van der Waals surface area contributed by atoms with E-state index in [1.165, 1.54) is 29.7 Å². The van der Waals surface area contributed by atoms with Gasteiger partial charge in [-0.15, -0.1) is 0 Å². The zero-order valence-corrected chi connectivity index (χ0v) is 16.6. The smallest absolute Gasteiger partial charge is 0.253 e. The van der Waals surface area contributed by atoms with Gasteiger partial charge in [-0.2, -0.15) is 5.10 Å².